The minimum atomic E-state index is 0.0440. The van der Waals surface area contributed by atoms with Gasteiger partial charge < -0.3 is 14.8 Å². The van der Waals surface area contributed by atoms with Gasteiger partial charge in [0.05, 0.1) is 17.8 Å². The van der Waals surface area contributed by atoms with Crippen LogP contribution in [0.4, 0.5) is 0 Å². The topological polar surface area (TPSA) is 33.1 Å². The Labute approximate surface area is 184 Å². The summed E-state index contributed by atoms with van der Waals surface area (Å²) >= 11 is 5.78. The first-order valence-electron chi connectivity index (χ1n) is 10.7. The van der Waals surface area contributed by atoms with Crippen LogP contribution in [-0.4, -0.2) is 26.1 Å². The maximum absolute atomic E-state index is 5.78. The number of benzene rings is 1. The number of hydrogen-bond acceptors (Lipinski definition) is 2. The number of pyridine rings is 1. The monoisotopic (exact) mass is 418 g/mol. The van der Waals surface area contributed by atoms with Crippen molar-refractivity contribution in [3.05, 3.63) is 82.9 Å². The van der Waals surface area contributed by atoms with E-state index in [1.165, 1.54) is 28.2 Å². The molecule has 5 heteroatoms. The second-order valence-corrected chi connectivity index (χ2v) is 8.56. The maximum Gasteiger partial charge on any atom is 0.170 e. The number of unbranched alkanes of at least 4 members (excludes halogenated alkanes) is 1. The summed E-state index contributed by atoms with van der Waals surface area (Å²) in [7, 11) is 0. The molecule has 3 heterocycles. The van der Waals surface area contributed by atoms with Crippen molar-refractivity contribution in [2.75, 3.05) is 6.54 Å². The lowest BCUT2D eigenvalue weighted by Crippen LogP contribution is -2.30. The molecule has 2 atom stereocenters. The third kappa shape index (κ3) is 3.74. The molecule has 1 aliphatic rings. The van der Waals surface area contributed by atoms with Gasteiger partial charge in [0.25, 0.3) is 0 Å². The van der Waals surface area contributed by atoms with Crippen LogP contribution in [-0.2, 0) is 0 Å². The van der Waals surface area contributed by atoms with Crippen LogP contribution < -0.4 is 5.32 Å². The number of thiocarbonyl (C=S) groups is 1. The van der Waals surface area contributed by atoms with Crippen LogP contribution in [0.3, 0.4) is 0 Å². The quantitative estimate of drug-likeness (QED) is 0.531. The van der Waals surface area contributed by atoms with Crippen LogP contribution in [0.25, 0.3) is 5.69 Å². The Morgan fingerprint density at radius 1 is 1.07 bits per heavy atom. The molecule has 0 saturated carbocycles. The highest BCUT2D eigenvalue weighted by molar-refractivity contribution is 7.80. The molecule has 1 N–H and O–H groups in total. The standard InChI is InChI=1S/C25H30N4S/c1-5-6-15-28-24(23(27-25(28)30)22-9-7-8-14-26-22)21-16-18(3)29(19(21)4)20-12-10-17(2)11-13-20/h7-14,16,23-24H,5-6,15H2,1-4H3,(H,27,30). The second-order valence-electron chi connectivity index (χ2n) is 8.17. The van der Waals surface area contributed by atoms with Gasteiger partial charge in [-0.15, -0.1) is 0 Å². The van der Waals surface area contributed by atoms with E-state index in [2.05, 4.69) is 89.9 Å². The molecule has 3 aromatic rings. The number of nitrogens with one attached hydrogen (secondary N) is 1. The highest BCUT2D eigenvalue weighted by atomic mass is 32.1. The summed E-state index contributed by atoms with van der Waals surface area (Å²) in [5.41, 5.74) is 7.31. The van der Waals surface area contributed by atoms with Gasteiger partial charge in [0.2, 0.25) is 0 Å². The van der Waals surface area contributed by atoms with Crippen molar-refractivity contribution in [2.24, 2.45) is 0 Å². The highest BCUT2D eigenvalue weighted by Crippen LogP contribution is 2.41. The molecule has 156 valence electrons. The fraction of sp³-hybridized carbons (Fsp3) is 0.360. The van der Waals surface area contributed by atoms with Crippen LogP contribution in [0.2, 0.25) is 0 Å². The Morgan fingerprint density at radius 2 is 1.83 bits per heavy atom. The SMILES string of the molecule is CCCCN1C(=S)NC(c2ccccn2)C1c1cc(C)n(-c2ccc(C)cc2)c1C. The van der Waals surface area contributed by atoms with Gasteiger partial charge in [0, 0.05) is 29.8 Å². The van der Waals surface area contributed by atoms with E-state index in [9.17, 15) is 0 Å². The van der Waals surface area contributed by atoms with Crippen molar-refractivity contribution in [2.45, 2.75) is 52.6 Å². The molecule has 4 nitrogen and oxygen atoms in total. The van der Waals surface area contributed by atoms with E-state index in [1.54, 1.807) is 0 Å². The van der Waals surface area contributed by atoms with Gasteiger partial charge in [-0.05, 0) is 75.3 Å². The summed E-state index contributed by atoms with van der Waals surface area (Å²) in [6.45, 7) is 9.70. The molecule has 1 saturated heterocycles. The number of aryl methyl sites for hydroxylation is 2. The second kappa shape index (κ2) is 8.60. The van der Waals surface area contributed by atoms with Crippen molar-refractivity contribution < 1.29 is 0 Å². The van der Waals surface area contributed by atoms with Gasteiger partial charge in [-0.3, -0.25) is 4.98 Å². The molecule has 30 heavy (non-hydrogen) atoms. The Bertz CT molecular complexity index is 1020. The van der Waals surface area contributed by atoms with Crippen LogP contribution in [0, 0.1) is 20.8 Å². The Kier molecular flexibility index (Phi) is 5.91. The number of nitrogens with zero attached hydrogens (tertiary/aromatic N) is 3. The smallest absolute Gasteiger partial charge is 0.170 e. The maximum atomic E-state index is 5.78. The van der Waals surface area contributed by atoms with Crippen LogP contribution in [0.5, 0.6) is 0 Å². The average Bonchev–Trinajstić information content (AvgIpc) is 3.23. The lowest BCUT2D eigenvalue weighted by atomic mass is 9.96. The minimum absolute atomic E-state index is 0.0440. The zero-order chi connectivity index (χ0) is 21.3. The van der Waals surface area contributed by atoms with Gasteiger partial charge in [-0.1, -0.05) is 37.1 Å². The molecule has 1 aromatic carbocycles. The predicted octanol–water partition coefficient (Wildman–Crippen LogP) is 5.57. The molecular formula is C25H30N4S. The molecule has 2 unspecified atom stereocenters. The van der Waals surface area contributed by atoms with Crippen LogP contribution >= 0.6 is 12.2 Å². The number of rotatable bonds is 6. The summed E-state index contributed by atoms with van der Waals surface area (Å²) in [4.78, 5) is 7.02. The third-order valence-corrected chi connectivity index (χ3v) is 6.38. The molecule has 2 aromatic heterocycles. The largest absolute Gasteiger partial charge is 0.352 e. The molecule has 0 bridgehead atoms. The normalized spacial score (nSPS) is 18.7. The molecule has 0 radical (unpaired) electrons. The first kappa shape index (κ1) is 20.6. The molecule has 1 fully saturated rings. The van der Waals surface area contributed by atoms with Crippen molar-refractivity contribution in [1.82, 2.24) is 19.8 Å². The Balaban J connectivity index is 1.81. The third-order valence-electron chi connectivity index (χ3n) is 6.03. The number of hydrogen-bond donors (Lipinski definition) is 1. The fourth-order valence-electron chi connectivity index (χ4n) is 4.49. The fourth-order valence-corrected chi connectivity index (χ4v) is 4.82. The van der Waals surface area contributed by atoms with Gasteiger partial charge in [0.1, 0.15) is 0 Å². The van der Waals surface area contributed by atoms with E-state index in [0.717, 1.165) is 30.2 Å². The summed E-state index contributed by atoms with van der Waals surface area (Å²) in [5.74, 6) is 0. The van der Waals surface area contributed by atoms with Gasteiger partial charge >= 0.3 is 0 Å². The average molecular weight is 419 g/mol. The minimum Gasteiger partial charge on any atom is -0.352 e. The summed E-state index contributed by atoms with van der Waals surface area (Å²) in [5, 5.41) is 4.39. The first-order chi connectivity index (χ1) is 14.5. The first-order valence-corrected chi connectivity index (χ1v) is 11.2. The molecular weight excluding hydrogens is 388 g/mol. The lowest BCUT2D eigenvalue weighted by molar-refractivity contribution is 0.312. The zero-order valence-electron chi connectivity index (χ0n) is 18.2. The van der Waals surface area contributed by atoms with Crippen molar-refractivity contribution >= 4 is 17.3 Å². The van der Waals surface area contributed by atoms with E-state index in [-0.39, 0.29) is 12.1 Å². The van der Waals surface area contributed by atoms with Crippen molar-refractivity contribution in [3.63, 3.8) is 0 Å². The molecule has 0 aliphatic carbocycles. The van der Waals surface area contributed by atoms with Crippen LogP contribution in [0.15, 0.2) is 54.7 Å². The van der Waals surface area contributed by atoms with E-state index >= 15 is 0 Å². The Morgan fingerprint density at radius 3 is 2.50 bits per heavy atom. The molecule has 0 amide bonds. The zero-order valence-corrected chi connectivity index (χ0v) is 19.0. The van der Waals surface area contributed by atoms with Gasteiger partial charge in [-0.2, -0.15) is 0 Å². The Hall–Kier alpha value is -2.66. The van der Waals surface area contributed by atoms with Gasteiger partial charge in [-0.25, -0.2) is 0 Å². The van der Waals surface area contributed by atoms with E-state index in [4.69, 9.17) is 12.2 Å². The highest BCUT2D eigenvalue weighted by Gasteiger charge is 2.41. The molecule has 4 rings (SSSR count). The molecule has 1 aliphatic heterocycles. The van der Waals surface area contributed by atoms with E-state index in [1.807, 2.05) is 12.3 Å². The summed E-state index contributed by atoms with van der Waals surface area (Å²) in [6.07, 6.45) is 4.12. The molecule has 0 spiro atoms. The van der Waals surface area contributed by atoms with Crippen molar-refractivity contribution in [1.29, 1.82) is 0 Å². The predicted molar refractivity (Wildman–Crippen MR) is 127 cm³/mol. The summed E-state index contributed by atoms with van der Waals surface area (Å²) < 4.78 is 2.35. The van der Waals surface area contributed by atoms with Crippen molar-refractivity contribution in [3.8, 4) is 5.69 Å². The van der Waals surface area contributed by atoms with E-state index in [0.29, 0.717) is 0 Å². The summed E-state index contributed by atoms with van der Waals surface area (Å²) in [6, 6.07) is 17.3. The lowest BCUT2D eigenvalue weighted by Gasteiger charge is -2.28. The van der Waals surface area contributed by atoms with E-state index < -0.39 is 0 Å². The van der Waals surface area contributed by atoms with Gasteiger partial charge in [0.15, 0.2) is 5.11 Å². The van der Waals surface area contributed by atoms with Crippen LogP contribution in [0.1, 0.15) is 60.1 Å². The number of aromatic nitrogens is 2.